The van der Waals surface area contributed by atoms with Crippen molar-refractivity contribution in [1.29, 1.82) is 0 Å². The maximum absolute atomic E-state index is 12.3. The summed E-state index contributed by atoms with van der Waals surface area (Å²) in [6, 6.07) is 7.37. The van der Waals surface area contributed by atoms with Crippen LogP contribution in [0.4, 0.5) is 4.79 Å². The maximum atomic E-state index is 12.3. The van der Waals surface area contributed by atoms with Crippen LogP contribution in [0.1, 0.15) is 25.3 Å². The largest absolute Gasteiger partial charge is 0.355 e. The first kappa shape index (κ1) is 16.6. The molecule has 3 amide bonds. The summed E-state index contributed by atoms with van der Waals surface area (Å²) in [7, 11) is 0. The van der Waals surface area contributed by atoms with Gasteiger partial charge in [-0.05, 0) is 24.1 Å². The molecule has 1 fully saturated rings. The van der Waals surface area contributed by atoms with Crippen molar-refractivity contribution in [3.05, 3.63) is 34.9 Å². The molecule has 1 aliphatic rings. The van der Waals surface area contributed by atoms with E-state index in [0.29, 0.717) is 31.2 Å². The van der Waals surface area contributed by atoms with Crippen molar-refractivity contribution in [1.82, 2.24) is 15.1 Å². The zero-order valence-electron chi connectivity index (χ0n) is 12.8. The summed E-state index contributed by atoms with van der Waals surface area (Å²) in [4.78, 5) is 27.4. The summed E-state index contributed by atoms with van der Waals surface area (Å²) in [6.07, 6.45) is 2.00. The Hall–Kier alpha value is -1.75. The van der Waals surface area contributed by atoms with E-state index in [2.05, 4.69) is 12.2 Å². The van der Waals surface area contributed by atoms with Gasteiger partial charge in [-0.1, -0.05) is 37.1 Å². The molecule has 0 radical (unpaired) electrons. The van der Waals surface area contributed by atoms with Crippen LogP contribution in [0.15, 0.2) is 24.3 Å². The molecule has 1 saturated heterocycles. The molecule has 0 atom stereocenters. The monoisotopic (exact) mass is 323 g/mol. The smallest absolute Gasteiger partial charge is 0.320 e. The average Bonchev–Trinajstić information content (AvgIpc) is 2.83. The van der Waals surface area contributed by atoms with Crippen molar-refractivity contribution in [2.24, 2.45) is 0 Å². The number of unbranched alkanes of at least 4 members (excludes halogenated alkanes) is 1. The number of hydrogen-bond donors (Lipinski definition) is 1. The second-order valence-corrected chi connectivity index (χ2v) is 5.89. The molecule has 2 rings (SSSR count). The third-order valence-corrected chi connectivity index (χ3v) is 3.91. The van der Waals surface area contributed by atoms with Gasteiger partial charge in [-0.25, -0.2) is 4.79 Å². The summed E-state index contributed by atoms with van der Waals surface area (Å²) in [5, 5.41) is 3.52. The molecule has 6 heteroatoms. The van der Waals surface area contributed by atoms with Crippen molar-refractivity contribution >= 4 is 23.5 Å². The van der Waals surface area contributed by atoms with Crippen LogP contribution in [-0.2, 0) is 11.3 Å². The van der Waals surface area contributed by atoms with E-state index < -0.39 is 0 Å². The number of amides is 3. The molecule has 1 aliphatic heterocycles. The number of rotatable bonds is 7. The fourth-order valence-electron chi connectivity index (χ4n) is 2.37. The summed E-state index contributed by atoms with van der Waals surface area (Å²) in [5.41, 5.74) is 1.03. The highest BCUT2D eigenvalue weighted by Gasteiger charge is 2.29. The number of urea groups is 1. The first-order valence-electron chi connectivity index (χ1n) is 7.65. The zero-order valence-corrected chi connectivity index (χ0v) is 13.6. The van der Waals surface area contributed by atoms with Crippen LogP contribution in [0.5, 0.6) is 0 Å². The Morgan fingerprint density at radius 2 is 1.91 bits per heavy atom. The van der Waals surface area contributed by atoms with Crippen LogP contribution in [0, 0.1) is 0 Å². The molecule has 1 aromatic rings. The van der Waals surface area contributed by atoms with Crippen molar-refractivity contribution in [3.8, 4) is 0 Å². The summed E-state index contributed by atoms with van der Waals surface area (Å²) >= 11 is 5.86. The third-order valence-electron chi connectivity index (χ3n) is 3.65. The number of benzene rings is 1. The lowest BCUT2D eigenvalue weighted by atomic mass is 10.2. The van der Waals surface area contributed by atoms with Crippen molar-refractivity contribution in [2.75, 3.05) is 26.2 Å². The maximum Gasteiger partial charge on any atom is 0.320 e. The SMILES string of the molecule is CCCCNC(=O)CN1CCN(Cc2ccc(Cl)cc2)C1=O. The lowest BCUT2D eigenvalue weighted by Crippen LogP contribution is -2.40. The Labute approximate surface area is 136 Å². The second kappa shape index (κ2) is 8.03. The Balaban J connectivity index is 1.81. The van der Waals surface area contributed by atoms with Gasteiger partial charge in [-0.2, -0.15) is 0 Å². The number of nitrogens with one attached hydrogen (secondary N) is 1. The van der Waals surface area contributed by atoms with Gasteiger partial charge >= 0.3 is 6.03 Å². The van der Waals surface area contributed by atoms with Gasteiger partial charge in [0.15, 0.2) is 0 Å². The normalized spacial score (nSPS) is 14.5. The Morgan fingerprint density at radius 3 is 2.59 bits per heavy atom. The molecule has 5 nitrogen and oxygen atoms in total. The molecule has 1 heterocycles. The van der Waals surface area contributed by atoms with Crippen molar-refractivity contribution < 1.29 is 9.59 Å². The quantitative estimate of drug-likeness (QED) is 0.784. The lowest BCUT2D eigenvalue weighted by molar-refractivity contribution is -0.121. The minimum Gasteiger partial charge on any atom is -0.355 e. The Morgan fingerprint density at radius 1 is 1.23 bits per heavy atom. The Bertz CT molecular complexity index is 519. The fraction of sp³-hybridized carbons (Fsp3) is 0.500. The predicted molar refractivity (Wildman–Crippen MR) is 86.7 cm³/mol. The zero-order chi connectivity index (χ0) is 15.9. The highest BCUT2D eigenvalue weighted by molar-refractivity contribution is 6.30. The van der Waals surface area contributed by atoms with Gasteiger partial charge in [0.05, 0.1) is 0 Å². The van der Waals surface area contributed by atoms with Gasteiger partial charge in [0.25, 0.3) is 0 Å². The van der Waals surface area contributed by atoms with E-state index in [1.54, 1.807) is 9.80 Å². The molecule has 1 N–H and O–H groups in total. The van der Waals surface area contributed by atoms with Crippen LogP contribution in [0.25, 0.3) is 0 Å². The van der Waals surface area contributed by atoms with E-state index in [9.17, 15) is 9.59 Å². The number of carbonyl (C=O) groups is 2. The summed E-state index contributed by atoms with van der Waals surface area (Å²) < 4.78 is 0. The summed E-state index contributed by atoms with van der Waals surface area (Å²) in [5.74, 6) is -0.0878. The number of hydrogen-bond acceptors (Lipinski definition) is 2. The van der Waals surface area contributed by atoms with E-state index in [1.165, 1.54) is 0 Å². The molecular formula is C16H22ClN3O2. The van der Waals surface area contributed by atoms with Crippen LogP contribution < -0.4 is 5.32 Å². The fourth-order valence-corrected chi connectivity index (χ4v) is 2.50. The van der Waals surface area contributed by atoms with Gasteiger partial charge in [-0.15, -0.1) is 0 Å². The van der Waals surface area contributed by atoms with Crippen LogP contribution >= 0.6 is 11.6 Å². The van der Waals surface area contributed by atoms with Gasteiger partial charge in [0, 0.05) is 31.2 Å². The highest BCUT2D eigenvalue weighted by atomic mass is 35.5. The van der Waals surface area contributed by atoms with Crippen molar-refractivity contribution in [2.45, 2.75) is 26.3 Å². The first-order valence-corrected chi connectivity index (χ1v) is 8.03. The Kier molecular flexibility index (Phi) is 6.07. The topological polar surface area (TPSA) is 52.7 Å². The third kappa shape index (κ3) is 4.63. The van der Waals surface area contributed by atoms with Gasteiger partial charge < -0.3 is 15.1 Å². The molecule has 0 spiro atoms. The van der Waals surface area contributed by atoms with E-state index in [1.807, 2.05) is 24.3 Å². The predicted octanol–water partition coefficient (Wildman–Crippen LogP) is 2.49. The standard InChI is InChI=1S/C16H22ClN3O2/c1-2-3-8-18-15(21)12-20-10-9-19(16(20)22)11-13-4-6-14(17)7-5-13/h4-7H,2-3,8-12H2,1H3,(H,18,21). The van der Waals surface area contributed by atoms with Crippen LogP contribution in [0.2, 0.25) is 5.02 Å². The molecular weight excluding hydrogens is 302 g/mol. The highest BCUT2D eigenvalue weighted by Crippen LogP contribution is 2.15. The molecule has 0 aromatic heterocycles. The molecule has 1 aromatic carbocycles. The minimum absolute atomic E-state index is 0.0828. The molecule has 0 aliphatic carbocycles. The molecule has 0 saturated carbocycles. The van der Waals surface area contributed by atoms with Gasteiger partial charge in [0.1, 0.15) is 6.54 Å². The van der Waals surface area contributed by atoms with E-state index in [-0.39, 0.29) is 18.5 Å². The van der Waals surface area contributed by atoms with Crippen molar-refractivity contribution in [3.63, 3.8) is 0 Å². The average molecular weight is 324 g/mol. The molecule has 0 bridgehead atoms. The molecule has 0 unspecified atom stereocenters. The number of halogens is 1. The van der Waals surface area contributed by atoms with Crippen LogP contribution in [-0.4, -0.2) is 47.9 Å². The number of carbonyl (C=O) groups excluding carboxylic acids is 2. The molecule has 120 valence electrons. The van der Waals surface area contributed by atoms with Gasteiger partial charge in [-0.3, -0.25) is 4.79 Å². The van der Waals surface area contributed by atoms with E-state index in [0.717, 1.165) is 18.4 Å². The number of nitrogens with zero attached hydrogens (tertiary/aromatic N) is 2. The van der Waals surface area contributed by atoms with Gasteiger partial charge in [0.2, 0.25) is 5.91 Å². The van der Waals surface area contributed by atoms with E-state index in [4.69, 9.17) is 11.6 Å². The van der Waals surface area contributed by atoms with E-state index >= 15 is 0 Å². The minimum atomic E-state index is -0.0878. The molecule has 22 heavy (non-hydrogen) atoms. The first-order chi connectivity index (χ1) is 10.6. The van der Waals surface area contributed by atoms with Crippen LogP contribution in [0.3, 0.4) is 0 Å². The summed E-state index contributed by atoms with van der Waals surface area (Å²) in [6.45, 7) is 4.66. The second-order valence-electron chi connectivity index (χ2n) is 5.46. The lowest BCUT2D eigenvalue weighted by Gasteiger charge is -2.18.